The topological polar surface area (TPSA) is 154 Å². The largest absolute Gasteiger partial charge is 0.508 e. The maximum Gasteiger partial charge on any atom is 0.408 e. The van der Waals surface area contributed by atoms with E-state index in [0.717, 1.165) is 5.56 Å². The maximum absolute atomic E-state index is 14.2. The number of carbonyl (C=O) groups excluding carboxylic acids is 3. The lowest BCUT2D eigenvalue weighted by Gasteiger charge is -2.38. The summed E-state index contributed by atoms with van der Waals surface area (Å²) in [5.41, 5.74) is -0.0863. The van der Waals surface area contributed by atoms with E-state index in [1.165, 1.54) is 12.1 Å². The second-order valence-corrected chi connectivity index (χ2v) is 19.5. The number of phenols is 1. The second-order valence-electron chi connectivity index (χ2n) is 13.9. The number of benzene rings is 2. The molecule has 2 aromatic carbocycles. The summed E-state index contributed by atoms with van der Waals surface area (Å²) in [6.45, 7) is 14.3. The fourth-order valence-electron chi connectivity index (χ4n) is 5.11. The number of carbonyl (C=O) groups is 4. The van der Waals surface area contributed by atoms with Crippen LogP contribution >= 0.6 is 0 Å². The second kappa shape index (κ2) is 17.0. The number of ether oxygens (including phenoxy) is 1. The van der Waals surface area contributed by atoms with Crippen molar-refractivity contribution in [3.63, 3.8) is 0 Å². The molecule has 3 atom stereocenters. The lowest BCUT2D eigenvalue weighted by molar-refractivity contribution is -0.144. The van der Waals surface area contributed by atoms with E-state index in [1.807, 2.05) is 58.0 Å². The summed E-state index contributed by atoms with van der Waals surface area (Å²) in [4.78, 5) is 53.3. The van der Waals surface area contributed by atoms with Gasteiger partial charge in [-0.15, -0.1) is 0 Å². The van der Waals surface area contributed by atoms with Crippen LogP contribution in [0.1, 0.15) is 58.1 Å². The number of aliphatic carboxylic acids is 1. The van der Waals surface area contributed by atoms with Gasteiger partial charge in [-0.2, -0.15) is 0 Å². The highest BCUT2D eigenvalue weighted by Gasteiger charge is 2.44. The van der Waals surface area contributed by atoms with Crippen molar-refractivity contribution in [1.82, 2.24) is 16.0 Å². The van der Waals surface area contributed by atoms with Gasteiger partial charge in [0.2, 0.25) is 11.8 Å². The quantitative estimate of drug-likeness (QED) is 0.143. The van der Waals surface area contributed by atoms with Crippen LogP contribution in [0.3, 0.4) is 0 Å². The molecular formula is C34H51N3O7Si. The first-order chi connectivity index (χ1) is 21.0. The molecule has 0 radical (unpaired) electrons. The van der Waals surface area contributed by atoms with Crippen molar-refractivity contribution in [3.8, 4) is 5.75 Å². The van der Waals surface area contributed by atoms with Gasteiger partial charge in [0, 0.05) is 14.5 Å². The van der Waals surface area contributed by atoms with Gasteiger partial charge in [0.1, 0.15) is 30.0 Å². The lowest BCUT2D eigenvalue weighted by atomic mass is 9.84. The molecule has 0 aliphatic rings. The van der Waals surface area contributed by atoms with E-state index in [9.17, 15) is 29.4 Å². The van der Waals surface area contributed by atoms with E-state index in [0.29, 0.717) is 24.4 Å². The third kappa shape index (κ3) is 13.3. The smallest absolute Gasteiger partial charge is 0.408 e. The number of rotatable bonds is 17. The summed E-state index contributed by atoms with van der Waals surface area (Å²) in [5, 5.41) is 28.3. The molecule has 0 aromatic heterocycles. The minimum absolute atomic E-state index is 0.00879. The summed E-state index contributed by atoms with van der Waals surface area (Å²) in [7, 11) is -1.73. The standard InChI is InChI=1S/C34H51N3O7Si/c1-23(2)18-28(36-33(43)44-22-25-12-9-8-10-13-25)30(39)37-34(21-24(3)4,16-17-45(5,6)7)32(42)35-29(31(40)41)20-26-14-11-15-27(38)19-26/h8-15,19,23-24,28-29,38H,16-18,20-22H2,1-7H3,(H,35,42)(H,36,43)(H,37,39)(H,40,41)/t28-,29+,34+/m1/s1. The highest BCUT2D eigenvalue weighted by Crippen LogP contribution is 2.28. The highest BCUT2D eigenvalue weighted by molar-refractivity contribution is 6.76. The Kier molecular flexibility index (Phi) is 14.1. The first-order valence-electron chi connectivity index (χ1n) is 15.6. The van der Waals surface area contributed by atoms with Crippen LogP contribution in [-0.4, -0.2) is 59.8 Å². The molecule has 0 bridgehead atoms. The third-order valence-electron chi connectivity index (χ3n) is 7.34. The SMILES string of the molecule is CC(C)C[C@@H](NC(=O)OCc1ccccc1)C(=O)N[C@@](CC[Si](C)(C)C)(CC(C)C)C(=O)N[C@@H](Cc1cccc(O)c1)C(=O)O. The van der Waals surface area contributed by atoms with Crippen molar-refractivity contribution in [2.24, 2.45) is 11.8 Å². The molecule has 3 amide bonds. The first kappa shape index (κ1) is 37.3. The van der Waals surface area contributed by atoms with Gasteiger partial charge >= 0.3 is 12.1 Å². The van der Waals surface area contributed by atoms with E-state index < -0.39 is 49.6 Å². The summed E-state index contributed by atoms with van der Waals surface area (Å²) in [6.07, 6.45) is 0.0664. The molecule has 0 unspecified atom stereocenters. The van der Waals surface area contributed by atoms with Crippen LogP contribution in [0.25, 0.3) is 0 Å². The average molecular weight is 642 g/mol. The van der Waals surface area contributed by atoms with E-state index in [1.54, 1.807) is 12.1 Å². The number of aromatic hydroxyl groups is 1. The molecule has 0 aliphatic heterocycles. The Labute approximate surface area is 268 Å². The predicted molar refractivity (Wildman–Crippen MR) is 177 cm³/mol. The zero-order chi connectivity index (χ0) is 33.8. The van der Waals surface area contributed by atoms with Crippen LogP contribution in [0.4, 0.5) is 4.79 Å². The van der Waals surface area contributed by atoms with Crippen LogP contribution in [-0.2, 0) is 32.1 Å². The Hall–Kier alpha value is -3.86. The van der Waals surface area contributed by atoms with Crippen molar-refractivity contribution < 1.29 is 34.1 Å². The summed E-state index contributed by atoms with van der Waals surface area (Å²) in [5.74, 6) is -2.37. The minimum atomic E-state index is -1.73. The number of phenolic OH excluding ortho intramolecular Hbond substituents is 1. The van der Waals surface area contributed by atoms with Crippen molar-refractivity contribution >= 4 is 32.0 Å². The number of nitrogens with one attached hydrogen (secondary N) is 3. The number of hydrogen-bond donors (Lipinski definition) is 5. The maximum atomic E-state index is 14.2. The number of alkyl carbamates (subject to hydrolysis) is 1. The molecule has 0 aliphatic carbocycles. The molecule has 248 valence electrons. The van der Waals surface area contributed by atoms with Crippen LogP contribution in [0.15, 0.2) is 54.6 Å². The molecule has 0 spiro atoms. The van der Waals surface area contributed by atoms with Gasteiger partial charge in [-0.05, 0) is 54.4 Å². The molecule has 10 nitrogen and oxygen atoms in total. The normalized spacial score (nSPS) is 14.2. The molecule has 2 aromatic rings. The van der Waals surface area contributed by atoms with Gasteiger partial charge in [0.05, 0.1) is 0 Å². The summed E-state index contributed by atoms with van der Waals surface area (Å²) >= 11 is 0. The number of amides is 3. The monoisotopic (exact) mass is 641 g/mol. The molecule has 5 N–H and O–H groups in total. The summed E-state index contributed by atoms with van der Waals surface area (Å²) in [6, 6.07) is 13.8. The van der Waals surface area contributed by atoms with Crippen LogP contribution < -0.4 is 16.0 Å². The molecule has 0 heterocycles. The van der Waals surface area contributed by atoms with Crippen LogP contribution in [0.2, 0.25) is 25.7 Å². The minimum Gasteiger partial charge on any atom is -0.508 e. The molecule has 0 saturated carbocycles. The Balaban J connectivity index is 2.38. The van der Waals surface area contributed by atoms with Crippen molar-refractivity contribution in [2.45, 2.75) is 103 Å². The third-order valence-corrected chi connectivity index (χ3v) is 9.09. The Bertz CT molecular complexity index is 1280. The van der Waals surface area contributed by atoms with Gasteiger partial charge in [0.15, 0.2) is 0 Å². The lowest BCUT2D eigenvalue weighted by Crippen LogP contribution is -2.64. The molecule has 0 fully saturated rings. The van der Waals surface area contributed by atoms with E-state index in [-0.39, 0.29) is 37.0 Å². The predicted octanol–water partition coefficient (Wildman–Crippen LogP) is 5.47. The molecular weight excluding hydrogens is 590 g/mol. The molecule has 11 heteroatoms. The van der Waals surface area contributed by atoms with Crippen LogP contribution in [0.5, 0.6) is 5.75 Å². The van der Waals surface area contributed by atoms with Gasteiger partial charge in [-0.3, -0.25) is 9.59 Å². The Morgan fingerprint density at radius 3 is 2.07 bits per heavy atom. The zero-order valence-corrected chi connectivity index (χ0v) is 28.7. The van der Waals surface area contributed by atoms with Crippen molar-refractivity contribution in [2.75, 3.05) is 0 Å². The van der Waals surface area contributed by atoms with Crippen molar-refractivity contribution in [3.05, 3.63) is 65.7 Å². The first-order valence-corrected chi connectivity index (χ1v) is 19.3. The Morgan fingerprint density at radius 1 is 0.867 bits per heavy atom. The van der Waals surface area contributed by atoms with E-state index in [4.69, 9.17) is 4.74 Å². The average Bonchev–Trinajstić information content (AvgIpc) is 2.93. The number of carboxylic acids is 1. The highest BCUT2D eigenvalue weighted by atomic mass is 28.3. The number of carboxylic acid groups (broad SMARTS) is 1. The van der Waals surface area contributed by atoms with Crippen LogP contribution in [0, 0.1) is 11.8 Å². The van der Waals surface area contributed by atoms with Gasteiger partial charge < -0.3 is 30.9 Å². The van der Waals surface area contributed by atoms with Gasteiger partial charge in [-0.25, -0.2) is 9.59 Å². The van der Waals surface area contributed by atoms with Crippen molar-refractivity contribution in [1.29, 1.82) is 0 Å². The zero-order valence-electron chi connectivity index (χ0n) is 27.7. The van der Waals surface area contributed by atoms with E-state index >= 15 is 0 Å². The van der Waals surface area contributed by atoms with Gasteiger partial charge in [-0.1, -0.05) is 95.8 Å². The fraction of sp³-hybridized carbons (Fsp3) is 0.529. The molecule has 2 rings (SSSR count). The fourth-order valence-corrected chi connectivity index (χ4v) is 6.29. The van der Waals surface area contributed by atoms with Gasteiger partial charge in [0.25, 0.3) is 0 Å². The Morgan fingerprint density at radius 2 is 1.51 bits per heavy atom. The van der Waals surface area contributed by atoms with E-state index in [2.05, 4.69) is 35.6 Å². The molecule has 45 heavy (non-hydrogen) atoms. The summed E-state index contributed by atoms with van der Waals surface area (Å²) < 4.78 is 5.38. The molecule has 0 saturated heterocycles. The number of hydrogen-bond acceptors (Lipinski definition) is 6.